The standard InChI is InChI=1S/C26H24N2O5/c1-4-11-31-18-8-6-7-17(14-18)23-22-24(29)19-13-16(5-2)9-10-20(19)32-25(22)26(30)28(23)21-12-15(3)33-27-21/h6-10,12-14,23H,4-5,11H2,1-3H3. The molecule has 5 rings (SSSR count). The molecule has 1 aliphatic rings. The molecule has 3 heterocycles. The quantitative estimate of drug-likeness (QED) is 0.407. The van der Waals surface area contributed by atoms with Gasteiger partial charge >= 0.3 is 0 Å². The SMILES string of the molecule is CCCOc1cccc(C2c3c(oc4ccc(CC)cc4c3=O)C(=O)N2c2cc(C)on2)c1. The normalized spacial score (nSPS) is 15.3. The third-order valence-electron chi connectivity index (χ3n) is 5.85. The number of aromatic nitrogens is 1. The first-order valence-electron chi connectivity index (χ1n) is 11.1. The Bertz CT molecular complexity index is 1420. The lowest BCUT2D eigenvalue weighted by molar-refractivity contribution is 0.0969. The number of carbonyl (C=O) groups excluding carboxylic acids is 1. The van der Waals surface area contributed by atoms with Crippen molar-refractivity contribution in [3.63, 3.8) is 0 Å². The second kappa shape index (κ2) is 8.24. The van der Waals surface area contributed by atoms with Crippen LogP contribution in [0.25, 0.3) is 11.0 Å². The lowest BCUT2D eigenvalue weighted by Gasteiger charge is -2.22. The number of rotatable bonds is 6. The molecule has 0 bridgehead atoms. The summed E-state index contributed by atoms with van der Waals surface area (Å²) in [5.74, 6) is 1.16. The third kappa shape index (κ3) is 3.50. The van der Waals surface area contributed by atoms with E-state index in [1.54, 1.807) is 19.1 Å². The summed E-state index contributed by atoms with van der Waals surface area (Å²) in [6, 6.07) is 13.9. The van der Waals surface area contributed by atoms with Crippen LogP contribution in [0.5, 0.6) is 5.75 Å². The molecule has 2 aromatic heterocycles. The molecule has 1 amide bonds. The second-order valence-electron chi connectivity index (χ2n) is 8.15. The van der Waals surface area contributed by atoms with Crippen molar-refractivity contribution < 1.29 is 18.5 Å². The lowest BCUT2D eigenvalue weighted by Crippen LogP contribution is -2.29. The summed E-state index contributed by atoms with van der Waals surface area (Å²) in [6.07, 6.45) is 1.66. The molecule has 0 spiro atoms. The monoisotopic (exact) mass is 444 g/mol. The largest absolute Gasteiger partial charge is 0.494 e. The van der Waals surface area contributed by atoms with Crippen LogP contribution in [0.4, 0.5) is 5.82 Å². The smallest absolute Gasteiger partial charge is 0.296 e. The molecular weight excluding hydrogens is 420 g/mol. The highest BCUT2D eigenvalue weighted by Gasteiger charge is 2.45. The molecule has 0 aliphatic carbocycles. The van der Waals surface area contributed by atoms with Crippen molar-refractivity contribution in [1.82, 2.24) is 5.16 Å². The van der Waals surface area contributed by atoms with Gasteiger partial charge in [0.2, 0.25) is 5.76 Å². The lowest BCUT2D eigenvalue weighted by atomic mass is 9.97. The molecule has 2 aromatic carbocycles. The van der Waals surface area contributed by atoms with E-state index in [2.05, 4.69) is 5.16 Å². The molecule has 1 atom stereocenters. The fourth-order valence-corrected chi connectivity index (χ4v) is 4.25. The zero-order chi connectivity index (χ0) is 23.1. The third-order valence-corrected chi connectivity index (χ3v) is 5.85. The van der Waals surface area contributed by atoms with E-state index in [1.165, 1.54) is 4.90 Å². The average Bonchev–Trinajstić information content (AvgIpc) is 3.38. The van der Waals surface area contributed by atoms with E-state index < -0.39 is 11.9 Å². The van der Waals surface area contributed by atoms with Gasteiger partial charge in [-0.15, -0.1) is 0 Å². The summed E-state index contributed by atoms with van der Waals surface area (Å²) in [6.45, 7) is 6.38. The molecule has 0 saturated carbocycles. The van der Waals surface area contributed by atoms with Crippen LogP contribution in [0.15, 0.2) is 62.3 Å². The van der Waals surface area contributed by atoms with Gasteiger partial charge in [0.15, 0.2) is 11.2 Å². The van der Waals surface area contributed by atoms with E-state index in [1.807, 2.05) is 50.2 Å². The number of nitrogens with zero attached hydrogens (tertiary/aromatic N) is 2. The van der Waals surface area contributed by atoms with E-state index in [-0.39, 0.29) is 11.2 Å². The minimum absolute atomic E-state index is 0.0299. The fourth-order valence-electron chi connectivity index (χ4n) is 4.25. The van der Waals surface area contributed by atoms with Crippen LogP contribution in [0.2, 0.25) is 0 Å². The fraction of sp³-hybridized carbons (Fsp3) is 0.269. The average molecular weight is 444 g/mol. The van der Waals surface area contributed by atoms with Gasteiger partial charge in [0.1, 0.15) is 17.1 Å². The first-order chi connectivity index (χ1) is 16.0. The molecule has 0 fully saturated rings. The Labute approximate surface area is 190 Å². The number of carbonyl (C=O) groups is 1. The van der Waals surface area contributed by atoms with Crippen molar-refractivity contribution in [3.8, 4) is 5.75 Å². The van der Waals surface area contributed by atoms with Crippen molar-refractivity contribution in [2.24, 2.45) is 0 Å². The number of ether oxygens (including phenoxy) is 1. The highest BCUT2D eigenvalue weighted by molar-refractivity contribution is 6.10. The molecule has 33 heavy (non-hydrogen) atoms. The molecule has 1 aliphatic heterocycles. The van der Waals surface area contributed by atoms with Crippen LogP contribution in [0.3, 0.4) is 0 Å². The van der Waals surface area contributed by atoms with Gasteiger partial charge < -0.3 is 13.7 Å². The molecule has 0 radical (unpaired) electrons. The van der Waals surface area contributed by atoms with Crippen LogP contribution in [0.1, 0.15) is 59.3 Å². The van der Waals surface area contributed by atoms with Gasteiger partial charge in [0, 0.05) is 6.07 Å². The Morgan fingerprint density at radius 3 is 2.67 bits per heavy atom. The van der Waals surface area contributed by atoms with E-state index in [4.69, 9.17) is 13.7 Å². The molecule has 4 aromatic rings. The van der Waals surface area contributed by atoms with E-state index >= 15 is 0 Å². The van der Waals surface area contributed by atoms with E-state index in [0.29, 0.717) is 40.5 Å². The number of aryl methyl sites for hydroxylation is 2. The second-order valence-corrected chi connectivity index (χ2v) is 8.15. The maximum Gasteiger partial charge on any atom is 0.296 e. The molecule has 0 saturated heterocycles. The minimum Gasteiger partial charge on any atom is -0.494 e. The maximum absolute atomic E-state index is 13.7. The summed E-state index contributed by atoms with van der Waals surface area (Å²) >= 11 is 0. The highest BCUT2D eigenvalue weighted by atomic mass is 16.5. The summed E-state index contributed by atoms with van der Waals surface area (Å²) in [4.78, 5) is 28.8. The van der Waals surface area contributed by atoms with Crippen LogP contribution in [-0.2, 0) is 6.42 Å². The first-order valence-corrected chi connectivity index (χ1v) is 11.1. The van der Waals surface area contributed by atoms with Crippen LogP contribution in [0, 0.1) is 6.92 Å². The Morgan fingerprint density at radius 1 is 1.09 bits per heavy atom. The van der Waals surface area contributed by atoms with Gasteiger partial charge in [-0.25, -0.2) is 0 Å². The Hall–Kier alpha value is -3.87. The first kappa shape index (κ1) is 21.0. The van der Waals surface area contributed by atoms with Gasteiger partial charge in [0.05, 0.1) is 23.6 Å². The molecule has 0 N–H and O–H groups in total. The van der Waals surface area contributed by atoms with E-state index in [0.717, 1.165) is 24.0 Å². The van der Waals surface area contributed by atoms with Crippen molar-refractivity contribution in [1.29, 1.82) is 0 Å². The Morgan fingerprint density at radius 2 is 1.94 bits per heavy atom. The number of fused-ring (bicyclic) bond motifs is 2. The Kier molecular flexibility index (Phi) is 5.24. The van der Waals surface area contributed by atoms with Gasteiger partial charge in [-0.05, 0) is 55.2 Å². The van der Waals surface area contributed by atoms with Crippen LogP contribution in [-0.4, -0.2) is 17.7 Å². The molecule has 1 unspecified atom stereocenters. The van der Waals surface area contributed by atoms with Crippen molar-refractivity contribution in [3.05, 3.63) is 87.0 Å². The topological polar surface area (TPSA) is 85.8 Å². The Balaban J connectivity index is 1.75. The predicted molar refractivity (Wildman–Crippen MR) is 124 cm³/mol. The molecule has 168 valence electrons. The van der Waals surface area contributed by atoms with Crippen molar-refractivity contribution >= 4 is 22.7 Å². The summed E-state index contributed by atoms with van der Waals surface area (Å²) in [5, 5.41) is 4.52. The highest BCUT2D eigenvalue weighted by Crippen LogP contribution is 2.41. The van der Waals surface area contributed by atoms with E-state index in [9.17, 15) is 9.59 Å². The predicted octanol–water partition coefficient (Wildman–Crippen LogP) is 5.19. The summed E-state index contributed by atoms with van der Waals surface area (Å²) in [5.41, 5.74) is 2.22. The number of amides is 1. The number of anilines is 1. The van der Waals surface area contributed by atoms with Gasteiger partial charge in [-0.1, -0.05) is 37.2 Å². The van der Waals surface area contributed by atoms with Crippen molar-refractivity contribution in [2.75, 3.05) is 11.5 Å². The summed E-state index contributed by atoms with van der Waals surface area (Å²) in [7, 11) is 0. The zero-order valence-corrected chi connectivity index (χ0v) is 18.8. The van der Waals surface area contributed by atoms with Gasteiger partial charge in [-0.2, -0.15) is 0 Å². The number of hydrogen-bond donors (Lipinski definition) is 0. The molecular formula is C26H24N2O5. The van der Waals surface area contributed by atoms with Gasteiger partial charge in [-0.3, -0.25) is 14.5 Å². The minimum atomic E-state index is -0.715. The zero-order valence-electron chi connectivity index (χ0n) is 18.8. The molecule has 7 nitrogen and oxygen atoms in total. The van der Waals surface area contributed by atoms with Gasteiger partial charge in [0.25, 0.3) is 5.91 Å². The van der Waals surface area contributed by atoms with Crippen LogP contribution < -0.4 is 15.1 Å². The molecule has 7 heteroatoms. The summed E-state index contributed by atoms with van der Waals surface area (Å²) < 4.78 is 17.1. The maximum atomic E-state index is 13.7. The number of benzene rings is 2. The van der Waals surface area contributed by atoms with Crippen molar-refractivity contribution in [2.45, 2.75) is 39.7 Å². The van der Waals surface area contributed by atoms with Crippen LogP contribution >= 0.6 is 0 Å². The number of hydrogen-bond acceptors (Lipinski definition) is 6.